The van der Waals surface area contributed by atoms with E-state index in [2.05, 4.69) is 4.98 Å². The Bertz CT molecular complexity index is 574. The fourth-order valence-electron chi connectivity index (χ4n) is 1.86. The molecule has 0 aliphatic carbocycles. The molecule has 0 bridgehead atoms. The zero-order valence-corrected chi connectivity index (χ0v) is 9.55. The molecule has 2 aromatic heterocycles. The van der Waals surface area contributed by atoms with Crippen molar-refractivity contribution in [2.24, 2.45) is 0 Å². The molecule has 1 atom stereocenters. The molecule has 0 aromatic carbocycles. The Morgan fingerprint density at radius 1 is 1.53 bits per heavy atom. The number of nitrogens with zero attached hydrogens (tertiary/aromatic N) is 3. The number of carboxylic acids is 1. The summed E-state index contributed by atoms with van der Waals surface area (Å²) in [5, 5.41) is 10.8. The molecule has 0 saturated carbocycles. The van der Waals surface area contributed by atoms with Gasteiger partial charge in [-0.25, -0.2) is 9.78 Å². The summed E-state index contributed by atoms with van der Waals surface area (Å²) in [6.07, 6.45) is 3.96. The average Bonchev–Trinajstić information content (AvgIpc) is 2.72. The van der Waals surface area contributed by atoms with Gasteiger partial charge in [-0.15, -0.1) is 11.3 Å². The SMILES string of the molecule is O=C(O)[C@@H]1CCN1C(=O)c1cn2ccsc2n1. The lowest BCUT2D eigenvalue weighted by Crippen LogP contribution is -2.55. The van der Waals surface area contributed by atoms with E-state index in [0.29, 0.717) is 18.7 Å². The summed E-state index contributed by atoms with van der Waals surface area (Å²) in [6.45, 7) is 0.487. The molecule has 3 heterocycles. The number of hydrogen-bond donors (Lipinski definition) is 1. The highest BCUT2D eigenvalue weighted by atomic mass is 32.1. The van der Waals surface area contributed by atoms with Crippen LogP contribution in [-0.4, -0.2) is 43.9 Å². The van der Waals surface area contributed by atoms with Gasteiger partial charge in [0.1, 0.15) is 11.7 Å². The van der Waals surface area contributed by atoms with E-state index in [4.69, 9.17) is 5.11 Å². The third-order valence-electron chi connectivity index (χ3n) is 2.88. The molecular formula is C10H9N3O3S. The molecule has 2 aromatic rings. The Balaban J connectivity index is 1.87. The standard InChI is InChI=1S/C10H9N3O3S/c14-8(13-2-1-7(13)9(15)16)6-5-12-3-4-17-10(12)11-6/h3-5,7H,1-2H2,(H,15,16)/t7-/m0/s1. The first-order valence-corrected chi connectivity index (χ1v) is 6.01. The van der Waals surface area contributed by atoms with Crippen LogP contribution in [-0.2, 0) is 4.79 Å². The lowest BCUT2D eigenvalue weighted by molar-refractivity contribution is -0.146. The van der Waals surface area contributed by atoms with Crippen LogP contribution in [0.25, 0.3) is 4.96 Å². The molecule has 0 unspecified atom stereocenters. The van der Waals surface area contributed by atoms with Crippen LogP contribution >= 0.6 is 11.3 Å². The van der Waals surface area contributed by atoms with Crippen LogP contribution in [0.1, 0.15) is 16.9 Å². The van der Waals surface area contributed by atoms with Crippen LogP contribution < -0.4 is 0 Å². The minimum absolute atomic E-state index is 0.306. The number of imidazole rings is 1. The van der Waals surface area contributed by atoms with E-state index in [-0.39, 0.29) is 5.91 Å². The number of rotatable bonds is 2. The van der Waals surface area contributed by atoms with Crippen LogP contribution in [0.4, 0.5) is 0 Å². The predicted octanol–water partition coefficient (Wildman–Crippen LogP) is 0.695. The van der Waals surface area contributed by atoms with Gasteiger partial charge in [0.2, 0.25) is 0 Å². The maximum absolute atomic E-state index is 12.0. The lowest BCUT2D eigenvalue weighted by atomic mass is 10.0. The first kappa shape index (κ1) is 10.3. The summed E-state index contributed by atoms with van der Waals surface area (Å²) in [7, 11) is 0. The number of likely N-dealkylation sites (tertiary alicyclic amines) is 1. The normalized spacial score (nSPS) is 19.3. The molecule has 1 fully saturated rings. The van der Waals surface area contributed by atoms with E-state index >= 15 is 0 Å². The molecule has 17 heavy (non-hydrogen) atoms. The molecule has 0 radical (unpaired) electrons. The third kappa shape index (κ3) is 1.50. The number of fused-ring (bicyclic) bond motifs is 1. The van der Waals surface area contributed by atoms with Crippen molar-refractivity contribution in [2.45, 2.75) is 12.5 Å². The maximum atomic E-state index is 12.0. The maximum Gasteiger partial charge on any atom is 0.326 e. The third-order valence-corrected chi connectivity index (χ3v) is 3.65. The predicted molar refractivity (Wildman–Crippen MR) is 60.1 cm³/mol. The Kier molecular flexibility index (Phi) is 2.15. The lowest BCUT2D eigenvalue weighted by Gasteiger charge is -2.37. The number of carbonyl (C=O) groups excluding carboxylic acids is 1. The van der Waals surface area contributed by atoms with Crippen LogP contribution in [0, 0.1) is 0 Å². The van der Waals surface area contributed by atoms with Crippen molar-refractivity contribution in [3.05, 3.63) is 23.5 Å². The number of amides is 1. The topological polar surface area (TPSA) is 74.9 Å². The quantitative estimate of drug-likeness (QED) is 0.852. The second kappa shape index (κ2) is 3.56. The van der Waals surface area contributed by atoms with Gasteiger partial charge in [-0.3, -0.25) is 9.20 Å². The Hall–Kier alpha value is -1.89. The zero-order valence-electron chi connectivity index (χ0n) is 8.74. The highest BCUT2D eigenvalue weighted by Gasteiger charge is 2.38. The van der Waals surface area contributed by atoms with Crippen molar-refractivity contribution in [1.29, 1.82) is 0 Å². The zero-order chi connectivity index (χ0) is 12.0. The van der Waals surface area contributed by atoms with Crippen LogP contribution in [0.2, 0.25) is 0 Å². The van der Waals surface area contributed by atoms with Crippen molar-refractivity contribution in [3.8, 4) is 0 Å². The first-order valence-electron chi connectivity index (χ1n) is 5.13. The number of carboxylic acid groups (broad SMARTS) is 1. The molecule has 1 saturated heterocycles. The second-order valence-electron chi connectivity index (χ2n) is 3.86. The largest absolute Gasteiger partial charge is 0.480 e. The Morgan fingerprint density at radius 3 is 2.94 bits per heavy atom. The van der Waals surface area contributed by atoms with Gasteiger partial charge in [0.25, 0.3) is 5.91 Å². The number of hydrogen-bond acceptors (Lipinski definition) is 4. The van der Waals surface area contributed by atoms with Crippen LogP contribution in [0.5, 0.6) is 0 Å². The van der Waals surface area contributed by atoms with Crippen molar-refractivity contribution in [1.82, 2.24) is 14.3 Å². The van der Waals surface area contributed by atoms with Crippen LogP contribution in [0.3, 0.4) is 0 Å². The van der Waals surface area contributed by atoms with Gasteiger partial charge in [-0.2, -0.15) is 0 Å². The highest BCUT2D eigenvalue weighted by molar-refractivity contribution is 7.15. The van der Waals surface area contributed by atoms with Crippen molar-refractivity contribution >= 4 is 28.2 Å². The smallest absolute Gasteiger partial charge is 0.326 e. The summed E-state index contributed by atoms with van der Waals surface area (Å²) in [5.41, 5.74) is 0.308. The van der Waals surface area contributed by atoms with E-state index in [9.17, 15) is 9.59 Å². The molecule has 1 amide bonds. The summed E-state index contributed by atoms with van der Waals surface area (Å²) in [4.78, 5) is 29.1. The van der Waals surface area contributed by atoms with Gasteiger partial charge in [-0.05, 0) is 6.42 Å². The highest BCUT2D eigenvalue weighted by Crippen LogP contribution is 2.21. The minimum atomic E-state index is -0.953. The van der Waals surface area contributed by atoms with Crippen LogP contribution in [0.15, 0.2) is 17.8 Å². The molecule has 88 valence electrons. The molecule has 1 aliphatic heterocycles. The average molecular weight is 251 g/mol. The monoisotopic (exact) mass is 251 g/mol. The molecular weight excluding hydrogens is 242 g/mol. The van der Waals surface area contributed by atoms with Gasteiger partial charge < -0.3 is 10.0 Å². The summed E-state index contributed by atoms with van der Waals surface area (Å²) >= 11 is 1.43. The van der Waals surface area contributed by atoms with E-state index in [1.807, 2.05) is 11.6 Å². The van der Waals surface area contributed by atoms with Gasteiger partial charge in [0.05, 0.1) is 0 Å². The number of carbonyl (C=O) groups is 2. The Morgan fingerprint density at radius 2 is 2.35 bits per heavy atom. The van der Waals surface area contributed by atoms with E-state index < -0.39 is 12.0 Å². The summed E-state index contributed by atoms with van der Waals surface area (Å²) in [6, 6.07) is -0.692. The molecule has 0 spiro atoms. The van der Waals surface area contributed by atoms with Gasteiger partial charge in [0.15, 0.2) is 4.96 Å². The molecule has 3 rings (SSSR count). The van der Waals surface area contributed by atoms with Gasteiger partial charge in [-0.1, -0.05) is 0 Å². The van der Waals surface area contributed by atoms with Crippen molar-refractivity contribution in [3.63, 3.8) is 0 Å². The fraction of sp³-hybridized carbons (Fsp3) is 0.300. The van der Waals surface area contributed by atoms with Crippen molar-refractivity contribution < 1.29 is 14.7 Å². The second-order valence-corrected chi connectivity index (χ2v) is 4.73. The summed E-state index contributed by atoms with van der Waals surface area (Å²) in [5.74, 6) is -1.26. The number of thiazole rings is 1. The minimum Gasteiger partial charge on any atom is -0.480 e. The molecule has 6 nitrogen and oxygen atoms in total. The molecule has 7 heteroatoms. The summed E-state index contributed by atoms with van der Waals surface area (Å²) < 4.78 is 1.76. The van der Waals surface area contributed by atoms with E-state index in [1.165, 1.54) is 16.2 Å². The number of aliphatic carboxylic acids is 1. The van der Waals surface area contributed by atoms with Gasteiger partial charge in [0, 0.05) is 24.3 Å². The number of aromatic nitrogens is 2. The van der Waals surface area contributed by atoms with Crippen molar-refractivity contribution in [2.75, 3.05) is 6.54 Å². The fourth-order valence-corrected chi connectivity index (χ4v) is 2.56. The Labute approximate surface area is 100 Å². The first-order chi connectivity index (χ1) is 8.16. The van der Waals surface area contributed by atoms with E-state index in [0.717, 1.165) is 4.96 Å². The van der Waals surface area contributed by atoms with E-state index in [1.54, 1.807) is 10.6 Å². The molecule has 1 aliphatic rings. The molecule has 1 N–H and O–H groups in total. The van der Waals surface area contributed by atoms with Gasteiger partial charge >= 0.3 is 5.97 Å².